The SMILES string of the molecule is Cc1ccccc1-n1nc(C(=O)NC[C@H](O)C(N)=O)c2c1CCC2. The highest BCUT2D eigenvalue weighted by molar-refractivity contribution is 5.94. The third kappa shape index (κ3) is 2.90. The van der Waals surface area contributed by atoms with Gasteiger partial charge in [0, 0.05) is 11.3 Å². The monoisotopic (exact) mass is 328 g/mol. The molecule has 0 saturated carbocycles. The highest BCUT2D eigenvalue weighted by atomic mass is 16.3. The number of nitrogens with one attached hydrogen (secondary N) is 1. The van der Waals surface area contributed by atoms with Gasteiger partial charge in [-0.05, 0) is 37.8 Å². The van der Waals surface area contributed by atoms with Crippen molar-refractivity contribution in [3.8, 4) is 5.69 Å². The van der Waals surface area contributed by atoms with Crippen LogP contribution in [0.25, 0.3) is 5.69 Å². The Kier molecular flexibility index (Phi) is 4.35. The van der Waals surface area contributed by atoms with Crippen LogP contribution >= 0.6 is 0 Å². The molecule has 24 heavy (non-hydrogen) atoms. The van der Waals surface area contributed by atoms with Crippen LogP contribution in [0.1, 0.15) is 33.7 Å². The second-order valence-electron chi connectivity index (χ2n) is 5.95. The maximum atomic E-state index is 12.4. The van der Waals surface area contributed by atoms with E-state index in [4.69, 9.17) is 5.73 Å². The van der Waals surface area contributed by atoms with E-state index in [-0.39, 0.29) is 6.54 Å². The van der Waals surface area contributed by atoms with Gasteiger partial charge in [0.05, 0.1) is 12.2 Å². The molecule has 2 amide bonds. The number of aryl methyl sites for hydroxylation is 1. The number of aromatic nitrogens is 2. The van der Waals surface area contributed by atoms with Gasteiger partial charge in [-0.25, -0.2) is 4.68 Å². The number of hydrogen-bond acceptors (Lipinski definition) is 4. The Hall–Kier alpha value is -2.67. The number of nitrogens with zero attached hydrogens (tertiary/aromatic N) is 2. The average Bonchev–Trinajstić information content (AvgIpc) is 3.15. The summed E-state index contributed by atoms with van der Waals surface area (Å²) in [6, 6.07) is 7.87. The van der Waals surface area contributed by atoms with Crippen LogP contribution < -0.4 is 11.1 Å². The van der Waals surface area contributed by atoms with Gasteiger partial charge in [0.25, 0.3) is 5.91 Å². The van der Waals surface area contributed by atoms with E-state index in [1.165, 1.54) is 0 Å². The van der Waals surface area contributed by atoms with E-state index in [2.05, 4.69) is 10.4 Å². The van der Waals surface area contributed by atoms with E-state index >= 15 is 0 Å². The van der Waals surface area contributed by atoms with Gasteiger partial charge in [0.2, 0.25) is 5.91 Å². The molecular weight excluding hydrogens is 308 g/mol. The lowest BCUT2D eigenvalue weighted by Crippen LogP contribution is -2.40. The molecule has 0 radical (unpaired) electrons. The largest absolute Gasteiger partial charge is 0.381 e. The molecule has 4 N–H and O–H groups in total. The van der Waals surface area contributed by atoms with E-state index < -0.39 is 17.9 Å². The van der Waals surface area contributed by atoms with Crippen LogP contribution in [0.4, 0.5) is 0 Å². The second-order valence-corrected chi connectivity index (χ2v) is 5.95. The van der Waals surface area contributed by atoms with Gasteiger partial charge < -0.3 is 16.2 Å². The van der Waals surface area contributed by atoms with Gasteiger partial charge in [-0.15, -0.1) is 0 Å². The highest BCUT2D eigenvalue weighted by Crippen LogP contribution is 2.28. The zero-order valence-corrected chi connectivity index (χ0v) is 13.5. The molecule has 0 bridgehead atoms. The quantitative estimate of drug-likeness (QED) is 0.730. The van der Waals surface area contributed by atoms with Gasteiger partial charge >= 0.3 is 0 Å². The minimum absolute atomic E-state index is 0.222. The number of carbonyl (C=O) groups excluding carboxylic acids is 2. The Morgan fingerprint density at radius 2 is 2.12 bits per heavy atom. The summed E-state index contributed by atoms with van der Waals surface area (Å²) >= 11 is 0. The molecule has 1 aliphatic rings. The molecule has 2 aromatic rings. The highest BCUT2D eigenvalue weighted by Gasteiger charge is 2.27. The zero-order chi connectivity index (χ0) is 17.3. The first-order chi connectivity index (χ1) is 11.5. The van der Waals surface area contributed by atoms with Crippen LogP contribution in [0, 0.1) is 6.92 Å². The second kappa shape index (κ2) is 6.45. The summed E-state index contributed by atoms with van der Waals surface area (Å²) in [6.45, 7) is 1.78. The number of aliphatic hydroxyl groups excluding tert-OH is 1. The van der Waals surface area contributed by atoms with Crippen molar-refractivity contribution in [2.45, 2.75) is 32.3 Å². The predicted molar refractivity (Wildman–Crippen MR) is 87.9 cm³/mol. The van der Waals surface area contributed by atoms with E-state index in [9.17, 15) is 14.7 Å². The van der Waals surface area contributed by atoms with Crippen molar-refractivity contribution in [1.82, 2.24) is 15.1 Å². The fourth-order valence-electron chi connectivity index (χ4n) is 2.99. The van der Waals surface area contributed by atoms with Crippen LogP contribution in [0.15, 0.2) is 24.3 Å². The van der Waals surface area contributed by atoms with E-state index in [1.807, 2.05) is 35.9 Å². The van der Waals surface area contributed by atoms with Crippen LogP contribution in [0.5, 0.6) is 0 Å². The maximum absolute atomic E-state index is 12.4. The smallest absolute Gasteiger partial charge is 0.272 e. The molecule has 0 saturated heterocycles. The number of primary amides is 1. The number of hydrogen-bond donors (Lipinski definition) is 3. The first-order valence-electron chi connectivity index (χ1n) is 7.91. The standard InChI is InChI=1S/C17H20N4O3/c1-10-5-2-3-7-12(10)21-13-8-4-6-11(13)15(20-21)17(24)19-9-14(22)16(18)23/h2-3,5,7,14,22H,4,6,8-9H2,1H3,(H2,18,23)(H,19,24)/t14-/m0/s1. The lowest BCUT2D eigenvalue weighted by molar-refractivity contribution is -0.125. The Morgan fingerprint density at radius 3 is 2.83 bits per heavy atom. The van der Waals surface area contributed by atoms with Crippen molar-refractivity contribution in [3.05, 3.63) is 46.8 Å². The molecule has 1 atom stereocenters. The Labute approximate surface area is 139 Å². The van der Waals surface area contributed by atoms with Crippen LogP contribution in [-0.4, -0.2) is 39.4 Å². The average molecular weight is 328 g/mol. The lowest BCUT2D eigenvalue weighted by Gasteiger charge is -2.09. The summed E-state index contributed by atoms with van der Waals surface area (Å²) in [5.74, 6) is -1.27. The molecule has 1 aromatic carbocycles. The Balaban J connectivity index is 1.91. The number of aliphatic hydroxyl groups is 1. The fourth-order valence-corrected chi connectivity index (χ4v) is 2.99. The summed E-state index contributed by atoms with van der Waals surface area (Å²) in [4.78, 5) is 23.3. The Bertz CT molecular complexity index is 797. The maximum Gasteiger partial charge on any atom is 0.272 e. The minimum Gasteiger partial charge on any atom is -0.381 e. The van der Waals surface area contributed by atoms with Crippen molar-refractivity contribution in [2.75, 3.05) is 6.54 Å². The number of carbonyl (C=O) groups is 2. The molecule has 0 unspecified atom stereocenters. The van der Waals surface area contributed by atoms with Gasteiger partial charge in [-0.2, -0.15) is 5.10 Å². The molecular formula is C17H20N4O3. The molecule has 0 spiro atoms. The van der Waals surface area contributed by atoms with E-state index in [0.717, 1.165) is 41.8 Å². The molecule has 0 fully saturated rings. The van der Waals surface area contributed by atoms with Crippen molar-refractivity contribution in [2.24, 2.45) is 5.73 Å². The van der Waals surface area contributed by atoms with Gasteiger partial charge in [0.1, 0.15) is 6.10 Å². The molecule has 0 aliphatic heterocycles. The first kappa shape index (κ1) is 16.2. The summed E-state index contributed by atoms with van der Waals surface area (Å²) in [6.07, 6.45) is 1.24. The molecule has 7 heteroatoms. The third-order valence-corrected chi connectivity index (χ3v) is 4.27. The molecule has 1 aromatic heterocycles. The number of amides is 2. The van der Waals surface area contributed by atoms with E-state index in [0.29, 0.717) is 5.69 Å². The van der Waals surface area contributed by atoms with Crippen LogP contribution in [-0.2, 0) is 17.6 Å². The summed E-state index contributed by atoms with van der Waals surface area (Å²) in [7, 11) is 0. The number of fused-ring (bicyclic) bond motifs is 1. The van der Waals surface area contributed by atoms with Crippen molar-refractivity contribution < 1.29 is 14.7 Å². The predicted octanol–water partition coefficient (Wildman–Crippen LogP) is 0.245. The molecule has 3 rings (SSSR count). The van der Waals surface area contributed by atoms with Gasteiger partial charge in [-0.3, -0.25) is 9.59 Å². The van der Waals surface area contributed by atoms with Crippen molar-refractivity contribution >= 4 is 11.8 Å². The molecule has 7 nitrogen and oxygen atoms in total. The van der Waals surface area contributed by atoms with Crippen molar-refractivity contribution in [1.29, 1.82) is 0 Å². The summed E-state index contributed by atoms with van der Waals surface area (Å²) in [5.41, 5.74) is 9.34. The number of rotatable bonds is 5. The number of para-hydroxylation sites is 1. The summed E-state index contributed by atoms with van der Waals surface area (Å²) < 4.78 is 1.83. The Morgan fingerprint density at radius 1 is 1.38 bits per heavy atom. The van der Waals surface area contributed by atoms with Gasteiger partial charge in [0.15, 0.2) is 5.69 Å². The zero-order valence-electron chi connectivity index (χ0n) is 13.5. The molecule has 1 aliphatic carbocycles. The third-order valence-electron chi connectivity index (χ3n) is 4.27. The van der Waals surface area contributed by atoms with Crippen LogP contribution in [0.2, 0.25) is 0 Å². The van der Waals surface area contributed by atoms with Gasteiger partial charge in [-0.1, -0.05) is 18.2 Å². The van der Waals surface area contributed by atoms with Crippen LogP contribution in [0.3, 0.4) is 0 Å². The normalized spacial score (nSPS) is 14.2. The molecule has 1 heterocycles. The fraction of sp³-hybridized carbons (Fsp3) is 0.353. The molecule has 126 valence electrons. The minimum atomic E-state index is -1.40. The number of nitrogens with two attached hydrogens (primary N) is 1. The topological polar surface area (TPSA) is 110 Å². The van der Waals surface area contributed by atoms with Crippen molar-refractivity contribution in [3.63, 3.8) is 0 Å². The van der Waals surface area contributed by atoms with E-state index in [1.54, 1.807) is 0 Å². The first-order valence-corrected chi connectivity index (χ1v) is 7.91. The lowest BCUT2D eigenvalue weighted by atomic mass is 10.1. The number of benzene rings is 1. The summed E-state index contributed by atoms with van der Waals surface area (Å²) in [5, 5.41) is 16.4.